The molecule has 0 amide bonds. The topological polar surface area (TPSA) is 88.3 Å². The maximum atomic E-state index is 5.52. The summed E-state index contributed by atoms with van der Waals surface area (Å²) in [6, 6.07) is 1.56. The molecule has 164 valence electrons. The molecule has 2 N–H and O–H groups in total. The molecule has 31 heavy (non-hydrogen) atoms. The molecule has 2 aliphatic carbocycles. The molecule has 1 saturated heterocycles. The molecular formula is C22H28N6O2S. The van der Waals surface area contributed by atoms with E-state index in [2.05, 4.69) is 20.5 Å². The smallest absolute Gasteiger partial charge is 0.301 e. The summed E-state index contributed by atoms with van der Waals surface area (Å²) in [5.74, 6) is 1.51. The van der Waals surface area contributed by atoms with Crippen LogP contribution in [-0.4, -0.2) is 58.2 Å². The highest BCUT2D eigenvalue weighted by atomic mass is 32.1. The van der Waals surface area contributed by atoms with Gasteiger partial charge in [0.25, 0.3) is 0 Å². The Labute approximate surface area is 185 Å². The number of fused-ring (bicyclic) bond motifs is 3. The van der Waals surface area contributed by atoms with E-state index in [1.54, 1.807) is 12.5 Å². The molecule has 0 radical (unpaired) electrons. The number of aromatic nitrogens is 3. The minimum atomic E-state index is 0.417. The fourth-order valence-corrected chi connectivity index (χ4v) is 6.52. The van der Waals surface area contributed by atoms with Crippen LogP contribution in [0.4, 0.5) is 17.8 Å². The molecule has 0 unspecified atom stereocenters. The van der Waals surface area contributed by atoms with Crippen LogP contribution >= 0.6 is 11.3 Å². The number of nitrogens with zero attached hydrogens (tertiary/aromatic N) is 4. The predicted molar refractivity (Wildman–Crippen MR) is 121 cm³/mol. The summed E-state index contributed by atoms with van der Waals surface area (Å²) >= 11 is 1.81. The molecule has 0 atom stereocenters. The van der Waals surface area contributed by atoms with Crippen LogP contribution in [0, 0.1) is 0 Å². The van der Waals surface area contributed by atoms with Gasteiger partial charge in [-0.2, -0.15) is 4.98 Å². The summed E-state index contributed by atoms with van der Waals surface area (Å²) in [6.07, 6.45) is 11.5. The van der Waals surface area contributed by atoms with Gasteiger partial charge in [-0.25, -0.2) is 9.97 Å². The van der Waals surface area contributed by atoms with E-state index in [0.717, 1.165) is 49.8 Å². The summed E-state index contributed by atoms with van der Waals surface area (Å²) in [5.41, 5.74) is 1.45. The molecule has 1 saturated carbocycles. The van der Waals surface area contributed by atoms with Gasteiger partial charge in [0.2, 0.25) is 5.95 Å². The lowest BCUT2D eigenvalue weighted by atomic mass is 9.90. The minimum Gasteiger partial charge on any atom is -0.432 e. The molecule has 0 bridgehead atoms. The number of morpholine rings is 1. The van der Waals surface area contributed by atoms with Crippen LogP contribution < -0.4 is 10.6 Å². The average molecular weight is 441 g/mol. The van der Waals surface area contributed by atoms with Gasteiger partial charge >= 0.3 is 6.01 Å². The van der Waals surface area contributed by atoms with Crippen LogP contribution in [0.5, 0.6) is 0 Å². The monoisotopic (exact) mass is 440 g/mol. The second-order valence-electron chi connectivity index (χ2n) is 8.69. The van der Waals surface area contributed by atoms with Crippen LogP contribution in [0.1, 0.15) is 42.5 Å². The molecule has 6 rings (SSSR count). The summed E-state index contributed by atoms with van der Waals surface area (Å²) in [5, 5.41) is 8.15. The second-order valence-corrected chi connectivity index (χ2v) is 9.78. The van der Waals surface area contributed by atoms with Crippen molar-refractivity contribution in [3.63, 3.8) is 0 Å². The summed E-state index contributed by atoms with van der Waals surface area (Å²) < 4.78 is 10.9. The fraction of sp³-hybridized carbons (Fsp3) is 0.591. The van der Waals surface area contributed by atoms with E-state index in [4.69, 9.17) is 19.1 Å². The predicted octanol–water partition coefficient (Wildman–Crippen LogP) is 3.97. The van der Waals surface area contributed by atoms with Gasteiger partial charge < -0.3 is 14.5 Å². The third-order valence-electron chi connectivity index (χ3n) is 6.82. The Bertz CT molecular complexity index is 1040. The maximum absolute atomic E-state index is 5.52. The Morgan fingerprint density at radius 2 is 1.94 bits per heavy atom. The van der Waals surface area contributed by atoms with Crippen molar-refractivity contribution in [1.82, 2.24) is 19.9 Å². The molecule has 4 heterocycles. The molecule has 9 heteroatoms. The Balaban J connectivity index is 1.23. The van der Waals surface area contributed by atoms with Crippen LogP contribution in [-0.2, 0) is 17.6 Å². The lowest BCUT2D eigenvalue weighted by Crippen LogP contribution is -2.46. The van der Waals surface area contributed by atoms with E-state index in [-0.39, 0.29) is 0 Å². The molecule has 3 aliphatic rings. The largest absolute Gasteiger partial charge is 0.432 e. The maximum Gasteiger partial charge on any atom is 0.301 e. The van der Waals surface area contributed by atoms with Gasteiger partial charge in [-0.1, -0.05) is 0 Å². The zero-order valence-corrected chi connectivity index (χ0v) is 18.4. The number of rotatable bonds is 5. The van der Waals surface area contributed by atoms with Crippen molar-refractivity contribution in [3.8, 4) is 0 Å². The molecule has 3 aromatic heterocycles. The highest BCUT2D eigenvalue weighted by Crippen LogP contribution is 2.41. The van der Waals surface area contributed by atoms with Gasteiger partial charge in [0.15, 0.2) is 0 Å². The zero-order chi connectivity index (χ0) is 20.6. The van der Waals surface area contributed by atoms with Crippen LogP contribution in [0.3, 0.4) is 0 Å². The van der Waals surface area contributed by atoms with Crippen molar-refractivity contribution in [1.29, 1.82) is 0 Å². The van der Waals surface area contributed by atoms with E-state index in [1.807, 2.05) is 11.3 Å². The van der Waals surface area contributed by atoms with Crippen molar-refractivity contribution in [3.05, 3.63) is 22.9 Å². The third kappa shape index (κ3) is 3.90. The van der Waals surface area contributed by atoms with Gasteiger partial charge in [-0.05, 0) is 50.5 Å². The summed E-state index contributed by atoms with van der Waals surface area (Å²) in [7, 11) is 0. The van der Waals surface area contributed by atoms with Crippen molar-refractivity contribution in [2.75, 3.05) is 36.9 Å². The molecule has 8 nitrogen and oxygen atoms in total. The Hall–Kier alpha value is -2.23. The van der Waals surface area contributed by atoms with Crippen molar-refractivity contribution < 1.29 is 9.15 Å². The van der Waals surface area contributed by atoms with Crippen LogP contribution in [0.2, 0.25) is 0 Å². The number of ether oxygens (including phenoxy) is 1. The first kappa shape index (κ1) is 19.5. The van der Waals surface area contributed by atoms with E-state index in [9.17, 15) is 0 Å². The highest BCUT2D eigenvalue weighted by molar-refractivity contribution is 7.19. The molecule has 2 fully saturated rings. The normalized spacial score (nSPS) is 24.4. The highest BCUT2D eigenvalue weighted by Gasteiger charge is 2.29. The minimum absolute atomic E-state index is 0.417. The first-order valence-electron chi connectivity index (χ1n) is 11.4. The standard InChI is InChI=1S/C22H28N6O2S/c1-2-16-17(3-1)31-20-18(16)19(25-21(26-20)27-22-23-8-11-30-22)24-14-4-6-15(7-5-14)28-9-12-29-13-10-28/h8,11,14-15H,1-7,9-10,12-13H2,(H2,23,24,25,26,27)/t14-,15-. The molecule has 3 aromatic rings. The average Bonchev–Trinajstić information content (AvgIpc) is 3.53. The third-order valence-corrected chi connectivity index (χ3v) is 8.00. The van der Waals surface area contributed by atoms with Crippen molar-refractivity contribution in [2.24, 2.45) is 0 Å². The first-order valence-corrected chi connectivity index (χ1v) is 12.2. The van der Waals surface area contributed by atoms with Gasteiger partial charge in [0.1, 0.15) is 16.9 Å². The second kappa shape index (κ2) is 8.37. The van der Waals surface area contributed by atoms with E-state index >= 15 is 0 Å². The summed E-state index contributed by atoms with van der Waals surface area (Å²) in [6.45, 7) is 3.90. The Morgan fingerprint density at radius 3 is 2.74 bits per heavy atom. The number of hydrogen-bond donors (Lipinski definition) is 2. The van der Waals surface area contributed by atoms with Crippen LogP contribution in [0.15, 0.2) is 16.9 Å². The molecule has 1 aliphatic heterocycles. The number of thiophene rings is 1. The quantitative estimate of drug-likeness (QED) is 0.616. The van der Waals surface area contributed by atoms with Crippen molar-refractivity contribution >= 4 is 39.3 Å². The van der Waals surface area contributed by atoms with Gasteiger partial charge in [-0.15, -0.1) is 11.3 Å². The van der Waals surface area contributed by atoms with Gasteiger partial charge in [-0.3, -0.25) is 10.2 Å². The Morgan fingerprint density at radius 1 is 1.06 bits per heavy atom. The molecule has 0 aromatic carbocycles. The zero-order valence-electron chi connectivity index (χ0n) is 17.6. The molecule has 0 spiro atoms. The summed E-state index contributed by atoms with van der Waals surface area (Å²) in [4.78, 5) is 18.9. The molecular weight excluding hydrogens is 412 g/mol. The van der Waals surface area contributed by atoms with Gasteiger partial charge in [0, 0.05) is 30.1 Å². The number of aryl methyl sites for hydroxylation is 2. The van der Waals surface area contributed by atoms with Crippen molar-refractivity contribution in [2.45, 2.75) is 57.0 Å². The lowest BCUT2D eigenvalue weighted by Gasteiger charge is -2.39. The Kier molecular flexibility index (Phi) is 5.25. The lowest BCUT2D eigenvalue weighted by molar-refractivity contribution is 0.00791. The number of nitrogens with one attached hydrogen (secondary N) is 2. The first-order chi connectivity index (χ1) is 15.3. The number of oxazole rings is 1. The van der Waals surface area contributed by atoms with E-state index in [1.165, 1.54) is 47.9 Å². The SMILES string of the molecule is c1coc(Nc2nc(N[C@H]3CC[C@H](N4CCOCC4)CC3)c3c4c(sc3n2)CCC4)n1. The van der Waals surface area contributed by atoms with Gasteiger partial charge in [0.05, 0.1) is 24.8 Å². The number of hydrogen-bond acceptors (Lipinski definition) is 9. The van der Waals surface area contributed by atoms with E-state index in [0.29, 0.717) is 24.0 Å². The fourth-order valence-electron chi connectivity index (χ4n) is 5.26. The van der Waals surface area contributed by atoms with Crippen LogP contribution in [0.25, 0.3) is 10.2 Å². The van der Waals surface area contributed by atoms with E-state index < -0.39 is 0 Å². The number of anilines is 3.